The predicted octanol–water partition coefficient (Wildman–Crippen LogP) is 2.51. The van der Waals surface area contributed by atoms with Crippen molar-refractivity contribution in [3.63, 3.8) is 0 Å². The first-order valence-corrected chi connectivity index (χ1v) is 8.89. The first kappa shape index (κ1) is 18.3. The molecule has 0 radical (unpaired) electrons. The molecule has 0 unspecified atom stereocenters. The molecule has 1 aliphatic rings. The first-order valence-electron chi connectivity index (χ1n) is 8.89. The molecule has 2 heterocycles. The third-order valence-electron chi connectivity index (χ3n) is 4.50. The number of allylic oxidation sites excluding steroid dienone is 1. The van der Waals surface area contributed by atoms with Gasteiger partial charge in [0.25, 0.3) is 0 Å². The molecular formula is C21H17N5O3. The Bertz CT molecular complexity index is 1100. The average Bonchev–Trinajstić information content (AvgIpc) is 3.25. The highest BCUT2D eigenvalue weighted by molar-refractivity contribution is 6.23. The molecule has 4 rings (SSSR count). The van der Waals surface area contributed by atoms with Crippen molar-refractivity contribution in [3.8, 4) is 0 Å². The van der Waals surface area contributed by atoms with Crippen LogP contribution in [0.2, 0.25) is 0 Å². The van der Waals surface area contributed by atoms with Gasteiger partial charge in [0.2, 0.25) is 5.95 Å². The summed E-state index contributed by atoms with van der Waals surface area (Å²) in [5.74, 6) is -0.794. The van der Waals surface area contributed by atoms with E-state index in [1.807, 2.05) is 60.7 Å². The maximum absolute atomic E-state index is 13.2. The molecule has 144 valence electrons. The van der Waals surface area contributed by atoms with Crippen molar-refractivity contribution in [2.24, 2.45) is 0 Å². The molecular weight excluding hydrogens is 370 g/mol. The van der Waals surface area contributed by atoms with Gasteiger partial charge in [-0.15, -0.1) is 0 Å². The number of rotatable bonds is 5. The number of benzene rings is 2. The van der Waals surface area contributed by atoms with Crippen LogP contribution in [0.15, 0.2) is 72.3 Å². The highest BCUT2D eigenvalue weighted by atomic mass is 16.5. The summed E-state index contributed by atoms with van der Waals surface area (Å²) in [4.78, 5) is 25.8. The second kappa shape index (κ2) is 7.89. The van der Waals surface area contributed by atoms with Gasteiger partial charge in [0, 0.05) is 0 Å². The van der Waals surface area contributed by atoms with Gasteiger partial charge in [-0.2, -0.15) is 4.68 Å². The zero-order valence-electron chi connectivity index (χ0n) is 15.5. The van der Waals surface area contributed by atoms with E-state index in [0.717, 1.165) is 11.1 Å². The molecule has 2 aromatic carbocycles. The van der Waals surface area contributed by atoms with Crippen LogP contribution in [0.1, 0.15) is 17.2 Å². The Kier molecular flexibility index (Phi) is 4.98. The highest BCUT2D eigenvalue weighted by Crippen LogP contribution is 2.35. The van der Waals surface area contributed by atoms with Gasteiger partial charge in [-0.1, -0.05) is 71.8 Å². The third kappa shape index (κ3) is 3.55. The fraction of sp³-hybridized carbons (Fsp3) is 0.0952. The molecule has 0 spiro atoms. The minimum Gasteiger partial charge on any atom is -0.464 e. The fourth-order valence-electron chi connectivity index (χ4n) is 3.15. The lowest BCUT2D eigenvalue weighted by Gasteiger charge is -2.27. The minimum absolute atomic E-state index is 0.0113. The summed E-state index contributed by atoms with van der Waals surface area (Å²) in [6, 6.07) is 18.1. The van der Waals surface area contributed by atoms with E-state index in [1.165, 1.54) is 17.9 Å². The predicted molar refractivity (Wildman–Crippen MR) is 106 cm³/mol. The number of ether oxygens (including phenoxy) is 1. The van der Waals surface area contributed by atoms with Crippen molar-refractivity contribution in [2.45, 2.75) is 6.04 Å². The molecule has 0 saturated carbocycles. The number of anilines is 1. The number of hydrogen-bond donors (Lipinski definition) is 1. The van der Waals surface area contributed by atoms with E-state index in [9.17, 15) is 9.59 Å². The molecule has 0 bridgehead atoms. The largest absolute Gasteiger partial charge is 0.464 e. The normalized spacial score (nSPS) is 15.7. The Morgan fingerprint density at radius 3 is 2.45 bits per heavy atom. The van der Waals surface area contributed by atoms with Crippen LogP contribution >= 0.6 is 0 Å². The number of ketones is 1. The van der Waals surface area contributed by atoms with Crippen molar-refractivity contribution >= 4 is 29.5 Å². The third-order valence-corrected chi connectivity index (χ3v) is 4.50. The van der Waals surface area contributed by atoms with Crippen LogP contribution in [0.3, 0.4) is 0 Å². The Morgan fingerprint density at radius 1 is 1.07 bits per heavy atom. The van der Waals surface area contributed by atoms with Crippen LogP contribution < -0.4 is 5.32 Å². The van der Waals surface area contributed by atoms with Gasteiger partial charge in [-0.3, -0.25) is 4.79 Å². The molecule has 8 nitrogen and oxygen atoms in total. The topological polar surface area (TPSA) is 99.0 Å². The molecule has 1 N–H and O–H groups in total. The summed E-state index contributed by atoms with van der Waals surface area (Å²) in [6.45, 7) is 0. The number of esters is 1. The lowest BCUT2D eigenvalue weighted by Crippen LogP contribution is -2.31. The second-order valence-corrected chi connectivity index (χ2v) is 6.26. The summed E-state index contributed by atoms with van der Waals surface area (Å²) in [6.07, 6.45) is 3.13. The number of aromatic nitrogens is 4. The molecule has 8 heteroatoms. The van der Waals surface area contributed by atoms with E-state index >= 15 is 0 Å². The van der Waals surface area contributed by atoms with Gasteiger partial charge in [0.15, 0.2) is 11.5 Å². The van der Waals surface area contributed by atoms with E-state index in [2.05, 4.69) is 20.8 Å². The standard InChI is InChI=1S/C21H17N5O3/c1-29-20(28)19-17(16(27)13-12-14-8-4-2-5-9-14)18(15-10-6-3-7-11-15)22-21-23-24-25-26(19)21/h2-13,18H,1H3,(H,22,23,25)/b13-12+/t18-/m0/s1. The molecule has 29 heavy (non-hydrogen) atoms. The maximum atomic E-state index is 13.2. The van der Waals surface area contributed by atoms with Crippen LogP contribution in [-0.4, -0.2) is 39.1 Å². The van der Waals surface area contributed by atoms with Gasteiger partial charge < -0.3 is 10.1 Å². The zero-order valence-corrected chi connectivity index (χ0v) is 15.5. The molecule has 1 aromatic heterocycles. The number of nitrogens with zero attached hydrogens (tertiary/aromatic N) is 4. The quantitative estimate of drug-likeness (QED) is 0.530. The SMILES string of the molecule is COC(=O)C1=C(C(=O)/C=C/c2ccccc2)[C@H](c2ccccc2)Nc2nnnn21. The van der Waals surface area contributed by atoms with Crippen molar-refractivity contribution in [1.29, 1.82) is 0 Å². The van der Waals surface area contributed by atoms with Crippen LogP contribution in [-0.2, 0) is 14.3 Å². The van der Waals surface area contributed by atoms with Crippen molar-refractivity contribution in [1.82, 2.24) is 20.2 Å². The number of tetrazole rings is 1. The summed E-state index contributed by atoms with van der Waals surface area (Å²) >= 11 is 0. The summed E-state index contributed by atoms with van der Waals surface area (Å²) in [7, 11) is 1.25. The van der Waals surface area contributed by atoms with Gasteiger partial charge >= 0.3 is 5.97 Å². The molecule has 0 saturated heterocycles. The lowest BCUT2D eigenvalue weighted by atomic mass is 9.92. The molecule has 1 aliphatic heterocycles. The van der Waals surface area contributed by atoms with Crippen LogP contribution in [0.5, 0.6) is 0 Å². The number of methoxy groups -OCH3 is 1. The van der Waals surface area contributed by atoms with Crippen molar-refractivity contribution in [2.75, 3.05) is 12.4 Å². The maximum Gasteiger partial charge on any atom is 0.357 e. The van der Waals surface area contributed by atoms with E-state index in [-0.39, 0.29) is 23.0 Å². The molecule has 0 amide bonds. The van der Waals surface area contributed by atoms with Crippen molar-refractivity contribution in [3.05, 3.63) is 83.4 Å². The number of carbonyl (C=O) groups is 2. The fourth-order valence-corrected chi connectivity index (χ4v) is 3.15. The number of fused-ring (bicyclic) bond motifs is 1. The Labute approximate surface area is 166 Å². The van der Waals surface area contributed by atoms with Crippen LogP contribution in [0.4, 0.5) is 5.95 Å². The summed E-state index contributed by atoms with van der Waals surface area (Å²) in [5.41, 5.74) is 1.85. The van der Waals surface area contributed by atoms with E-state index in [4.69, 9.17) is 4.74 Å². The monoisotopic (exact) mass is 387 g/mol. The highest BCUT2D eigenvalue weighted by Gasteiger charge is 2.37. The Hall–Kier alpha value is -4.07. The van der Waals surface area contributed by atoms with Gasteiger partial charge in [0.1, 0.15) is 0 Å². The van der Waals surface area contributed by atoms with E-state index < -0.39 is 12.0 Å². The van der Waals surface area contributed by atoms with Gasteiger partial charge in [-0.25, -0.2) is 4.79 Å². The number of hydrogen-bond acceptors (Lipinski definition) is 7. The Balaban J connectivity index is 1.85. The summed E-state index contributed by atoms with van der Waals surface area (Å²) < 4.78 is 6.12. The van der Waals surface area contributed by atoms with E-state index in [0.29, 0.717) is 0 Å². The smallest absolute Gasteiger partial charge is 0.357 e. The zero-order chi connectivity index (χ0) is 20.2. The molecule has 0 fully saturated rings. The van der Waals surface area contributed by atoms with Crippen LogP contribution in [0, 0.1) is 0 Å². The van der Waals surface area contributed by atoms with Gasteiger partial charge in [0.05, 0.1) is 18.7 Å². The first-order chi connectivity index (χ1) is 14.2. The van der Waals surface area contributed by atoms with E-state index in [1.54, 1.807) is 6.08 Å². The molecule has 0 aliphatic carbocycles. The molecule has 1 atom stereocenters. The van der Waals surface area contributed by atoms with Crippen LogP contribution in [0.25, 0.3) is 11.8 Å². The number of nitrogens with one attached hydrogen (secondary N) is 1. The lowest BCUT2D eigenvalue weighted by molar-refractivity contribution is -0.134. The summed E-state index contributed by atoms with van der Waals surface area (Å²) in [5, 5.41) is 14.5. The number of carbonyl (C=O) groups excluding carboxylic acids is 2. The molecule has 3 aromatic rings. The van der Waals surface area contributed by atoms with Gasteiger partial charge in [-0.05, 0) is 27.6 Å². The van der Waals surface area contributed by atoms with Crippen molar-refractivity contribution < 1.29 is 14.3 Å². The minimum atomic E-state index is -0.697. The second-order valence-electron chi connectivity index (χ2n) is 6.26. The Morgan fingerprint density at radius 2 is 1.76 bits per heavy atom. The average molecular weight is 387 g/mol.